The largest absolute Gasteiger partial charge is 0.367 e. The van der Waals surface area contributed by atoms with Gasteiger partial charge in [-0.2, -0.15) is 0 Å². The van der Waals surface area contributed by atoms with Crippen molar-refractivity contribution in [3.63, 3.8) is 0 Å². The second-order valence-corrected chi connectivity index (χ2v) is 4.77. The first-order chi connectivity index (χ1) is 7.79. The molecule has 1 N–H and O–H groups in total. The van der Waals surface area contributed by atoms with Crippen molar-refractivity contribution in [1.82, 2.24) is 9.97 Å². The smallest absolute Gasteiger partial charge is 0.129 e. The van der Waals surface area contributed by atoms with E-state index in [9.17, 15) is 0 Å². The summed E-state index contributed by atoms with van der Waals surface area (Å²) in [4.78, 5) is 8.54. The molecule has 1 atom stereocenters. The molecule has 1 aromatic heterocycles. The maximum atomic E-state index is 4.28. The minimum Gasteiger partial charge on any atom is -0.367 e. The monoisotopic (exact) mass is 219 g/mol. The predicted molar refractivity (Wildman–Crippen MR) is 66.5 cm³/mol. The lowest BCUT2D eigenvalue weighted by atomic mass is 9.80. The summed E-state index contributed by atoms with van der Waals surface area (Å²) in [6.07, 6.45) is 7.95. The van der Waals surface area contributed by atoms with Crippen molar-refractivity contribution >= 4 is 5.82 Å². The highest BCUT2D eigenvalue weighted by Gasteiger charge is 2.23. The molecule has 0 radical (unpaired) electrons. The molecule has 0 amide bonds. The van der Waals surface area contributed by atoms with E-state index < -0.39 is 0 Å². The second kappa shape index (κ2) is 5.28. The zero-order valence-corrected chi connectivity index (χ0v) is 10.2. The Labute approximate surface area is 97.7 Å². The molecule has 16 heavy (non-hydrogen) atoms. The minimum atomic E-state index is 0.540. The third-order valence-electron chi connectivity index (χ3n) is 3.46. The van der Waals surface area contributed by atoms with Crippen LogP contribution in [0.1, 0.15) is 45.2 Å². The molecule has 1 unspecified atom stereocenters. The molecule has 0 saturated heterocycles. The van der Waals surface area contributed by atoms with Crippen molar-refractivity contribution in [3.8, 4) is 0 Å². The number of aryl methyl sites for hydroxylation is 1. The number of hydrogen-bond acceptors (Lipinski definition) is 3. The van der Waals surface area contributed by atoms with Gasteiger partial charge in [0.2, 0.25) is 0 Å². The molecule has 0 aromatic carbocycles. The van der Waals surface area contributed by atoms with E-state index >= 15 is 0 Å². The number of anilines is 1. The van der Waals surface area contributed by atoms with Crippen molar-refractivity contribution < 1.29 is 0 Å². The zero-order chi connectivity index (χ0) is 11.4. The van der Waals surface area contributed by atoms with Crippen LogP contribution in [0, 0.1) is 5.92 Å². The van der Waals surface area contributed by atoms with Crippen molar-refractivity contribution in [2.75, 3.05) is 5.32 Å². The van der Waals surface area contributed by atoms with Gasteiger partial charge < -0.3 is 5.32 Å². The Morgan fingerprint density at radius 2 is 2.25 bits per heavy atom. The van der Waals surface area contributed by atoms with Crippen LogP contribution < -0.4 is 5.32 Å². The lowest BCUT2D eigenvalue weighted by Gasteiger charge is -2.32. The summed E-state index contributed by atoms with van der Waals surface area (Å²) in [5.41, 5.74) is 1.14. The molecule has 0 spiro atoms. The van der Waals surface area contributed by atoms with E-state index in [2.05, 4.69) is 35.2 Å². The van der Waals surface area contributed by atoms with E-state index in [1.165, 1.54) is 19.3 Å². The number of aromatic nitrogens is 2. The van der Waals surface area contributed by atoms with E-state index in [1.54, 1.807) is 6.33 Å². The maximum Gasteiger partial charge on any atom is 0.129 e. The Morgan fingerprint density at radius 1 is 1.44 bits per heavy atom. The van der Waals surface area contributed by atoms with Gasteiger partial charge in [0.25, 0.3) is 0 Å². The van der Waals surface area contributed by atoms with Crippen LogP contribution >= 0.6 is 0 Å². The second-order valence-electron chi connectivity index (χ2n) is 4.77. The molecule has 0 bridgehead atoms. The first-order valence-corrected chi connectivity index (χ1v) is 6.37. The number of hydrogen-bond donors (Lipinski definition) is 1. The van der Waals surface area contributed by atoms with Crippen LogP contribution in [-0.4, -0.2) is 16.0 Å². The van der Waals surface area contributed by atoms with Gasteiger partial charge in [-0.05, 0) is 32.1 Å². The highest BCUT2D eigenvalue weighted by atomic mass is 15.0. The van der Waals surface area contributed by atoms with Crippen molar-refractivity contribution in [3.05, 3.63) is 18.1 Å². The van der Waals surface area contributed by atoms with Gasteiger partial charge >= 0.3 is 0 Å². The van der Waals surface area contributed by atoms with Gasteiger partial charge in [0.1, 0.15) is 12.1 Å². The summed E-state index contributed by atoms with van der Waals surface area (Å²) in [6.45, 7) is 4.43. The third-order valence-corrected chi connectivity index (χ3v) is 3.46. The fourth-order valence-electron chi connectivity index (χ4n) is 2.16. The summed E-state index contributed by atoms with van der Waals surface area (Å²) in [5, 5.41) is 3.49. The minimum absolute atomic E-state index is 0.540. The topological polar surface area (TPSA) is 37.8 Å². The van der Waals surface area contributed by atoms with Crippen LogP contribution in [0.3, 0.4) is 0 Å². The standard InChI is InChI=1S/C13H21N3/c1-3-5-12-8-13(15-9-14-12)16-10(2)11-6-4-7-11/h8-11H,3-7H2,1-2H3,(H,14,15,16). The van der Waals surface area contributed by atoms with E-state index in [0.29, 0.717) is 6.04 Å². The summed E-state index contributed by atoms with van der Waals surface area (Å²) in [7, 11) is 0. The van der Waals surface area contributed by atoms with E-state index in [4.69, 9.17) is 0 Å². The molecular weight excluding hydrogens is 198 g/mol. The van der Waals surface area contributed by atoms with E-state index in [0.717, 1.165) is 30.3 Å². The molecule has 0 aliphatic heterocycles. The molecular formula is C13H21N3. The predicted octanol–water partition coefficient (Wildman–Crippen LogP) is 3.03. The average molecular weight is 219 g/mol. The Kier molecular flexibility index (Phi) is 3.75. The van der Waals surface area contributed by atoms with Crippen LogP contribution in [0.15, 0.2) is 12.4 Å². The summed E-state index contributed by atoms with van der Waals surface area (Å²) in [5.74, 6) is 1.82. The van der Waals surface area contributed by atoms with Crippen molar-refractivity contribution in [2.24, 2.45) is 5.92 Å². The quantitative estimate of drug-likeness (QED) is 0.827. The summed E-state index contributed by atoms with van der Waals surface area (Å²) >= 11 is 0. The number of nitrogens with one attached hydrogen (secondary N) is 1. The van der Waals surface area contributed by atoms with Crippen LogP contribution in [-0.2, 0) is 6.42 Å². The van der Waals surface area contributed by atoms with Gasteiger partial charge in [-0.15, -0.1) is 0 Å². The van der Waals surface area contributed by atoms with Crippen LogP contribution in [0.25, 0.3) is 0 Å². The summed E-state index contributed by atoms with van der Waals surface area (Å²) in [6, 6.07) is 2.62. The Balaban J connectivity index is 1.94. The average Bonchev–Trinajstić information content (AvgIpc) is 2.15. The zero-order valence-electron chi connectivity index (χ0n) is 10.2. The van der Waals surface area contributed by atoms with Gasteiger partial charge in [0, 0.05) is 17.8 Å². The third kappa shape index (κ3) is 2.71. The molecule has 1 aliphatic rings. The lowest BCUT2D eigenvalue weighted by Crippen LogP contribution is -2.31. The van der Waals surface area contributed by atoms with Gasteiger partial charge in [-0.1, -0.05) is 19.8 Å². The molecule has 88 valence electrons. The fourth-order valence-corrected chi connectivity index (χ4v) is 2.16. The fraction of sp³-hybridized carbons (Fsp3) is 0.692. The van der Waals surface area contributed by atoms with Gasteiger partial charge in [0.05, 0.1) is 0 Å². The first kappa shape index (κ1) is 11.4. The van der Waals surface area contributed by atoms with E-state index in [1.807, 2.05) is 0 Å². The molecule has 1 saturated carbocycles. The van der Waals surface area contributed by atoms with Crippen molar-refractivity contribution in [2.45, 2.75) is 52.0 Å². The van der Waals surface area contributed by atoms with Gasteiger partial charge in [-0.25, -0.2) is 9.97 Å². The van der Waals surface area contributed by atoms with Crippen LogP contribution in [0.4, 0.5) is 5.82 Å². The molecule has 1 heterocycles. The number of rotatable bonds is 5. The van der Waals surface area contributed by atoms with Gasteiger partial charge in [-0.3, -0.25) is 0 Å². The van der Waals surface area contributed by atoms with E-state index in [-0.39, 0.29) is 0 Å². The number of nitrogens with zero attached hydrogens (tertiary/aromatic N) is 2. The molecule has 1 aromatic rings. The molecule has 2 rings (SSSR count). The molecule has 1 aliphatic carbocycles. The normalized spacial score (nSPS) is 17.9. The van der Waals surface area contributed by atoms with Crippen molar-refractivity contribution in [1.29, 1.82) is 0 Å². The SMILES string of the molecule is CCCc1cc(NC(C)C2CCC2)ncn1. The highest BCUT2D eigenvalue weighted by Crippen LogP contribution is 2.30. The summed E-state index contributed by atoms with van der Waals surface area (Å²) < 4.78 is 0. The Morgan fingerprint density at radius 3 is 2.88 bits per heavy atom. The van der Waals surface area contributed by atoms with Gasteiger partial charge in [0.15, 0.2) is 0 Å². The van der Waals surface area contributed by atoms with Crippen LogP contribution in [0.2, 0.25) is 0 Å². The Bertz CT molecular complexity index is 334. The lowest BCUT2D eigenvalue weighted by molar-refractivity contribution is 0.285. The Hall–Kier alpha value is -1.12. The van der Waals surface area contributed by atoms with Crippen LogP contribution in [0.5, 0.6) is 0 Å². The molecule has 1 fully saturated rings. The first-order valence-electron chi connectivity index (χ1n) is 6.37. The maximum absolute atomic E-state index is 4.28. The molecule has 3 heteroatoms. The highest BCUT2D eigenvalue weighted by molar-refractivity contribution is 5.36. The molecule has 3 nitrogen and oxygen atoms in total.